The first-order chi connectivity index (χ1) is 7.71. The maximum absolute atomic E-state index is 12.9. The van der Waals surface area contributed by atoms with E-state index in [2.05, 4.69) is 4.74 Å². The van der Waals surface area contributed by atoms with Crippen LogP contribution in [0.1, 0.15) is 6.42 Å². The molecule has 0 aliphatic heterocycles. The number of hydrogen-bond donors (Lipinski definition) is 0. The van der Waals surface area contributed by atoms with Crippen LogP contribution in [0.4, 0.5) is 30.7 Å². The topological polar surface area (TPSA) is 9.23 Å². The van der Waals surface area contributed by atoms with Crippen molar-refractivity contribution in [2.75, 3.05) is 6.61 Å². The van der Waals surface area contributed by atoms with E-state index in [0.717, 1.165) is 0 Å². The van der Waals surface area contributed by atoms with Crippen molar-refractivity contribution >= 4 is 39.2 Å². The number of rotatable bonds is 5. The molecule has 0 fully saturated rings. The van der Waals surface area contributed by atoms with Crippen LogP contribution in [0.2, 0.25) is 6.04 Å². The molecule has 0 amide bonds. The van der Waals surface area contributed by atoms with Crippen LogP contribution in [-0.4, -0.2) is 30.8 Å². The Bertz CT molecular complexity index is 260. The van der Waals surface area contributed by atoms with Gasteiger partial charge in [0.2, 0.25) is 0 Å². The maximum Gasteiger partial charge on any atom is 0.458 e. The Balaban J connectivity index is 4.58. The fourth-order valence-electron chi connectivity index (χ4n) is 0.810. The highest BCUT2D eigenvalue weighted by molar-refractivity contribution is 7.64. The van der Waals surface area contributed by atoms with Crippen molar-refractivity contribution in [3.05, 3.63) is 0 Å². The van der Waals surface area contributed by atoms with Gasteiger partial charge in [0.05, 0.1) is 6.61 Å². The van der Waals surface area contributed by atoms with Crippen molar-refractivity contribution in [1.29, 1.82) is 0 Å². The highest BCUT2D eigenvalue weighted by Gasteiger charge is 2.74. The second-order valence-electron chi connectivity index (χ2n) is 3.16. The van der Waals surface area contributed by atoms with Gasteiger partial charge in [-0.05, 0) is 12.5 Å². The average molecular weight is 362 g/mol. The van der Waals surface area contributed by atoms with Crippen molar-refractivity contribution in [3.8, 4) is 0 Å². The molecule has 0 saturated heterocycles. The summed E-state index contributed by atoms with van der Waals surface area (Å²) in [6, 6.07) is -3.44. The molecule has 0 aliphatic carbocycles. The summed E-state index contributed by atoms with van der Waals surface area (Å²) in [7, 11) is 0. The molecule has 1 nitrogen and oxygen atoms in total. The van der Waals surface area contributed by atoms with Crippen molar-refractivity contribution in [1.82, 2.24) is 0 Å². The second-order valence-corrected chi connectivity index (χ2v) is 12.4. The van der Waals surface area contributed by atoms with Gasteiger partial charge >= 0.3 is 24.2 Å². The number of alkyl halides is 7. The van der Waals surface area contributed by atoms with Crippen LogP contribution in [0.15, 0.2) is 0 Å². The molecular formula is C6H6Cl3F7OSi. The standard InChI is InChI=1S/C6H6Cl3F7OSi/c7-18(8,9)3-1-2-17-4(10,5(11,12)13)6(14,15)16/h1-3H2. The van der Waals surface area contributed by atoms with Crippen LogP contribution >= 0.6 is 33.2 Å². The summed E-state index contributed by atoms with van der Waals surface area (Å²) in [6.07, 6.45) is -12.9. The van der Waals surface area contributed by atoms with Gasteiger partial charge in [-0.3, -0.25) is 0 Å². The van der Waals surface area contributed by atoms with Crippen LogP contribution in [0, 0.1) is 0 Å². The lowest BCUT2D eigenvalue weighted by molar-refractivity contribution is -0.429. The molecule has 0 saturated carbocycles. The Morgan fingerprint density at radius 1 is 0.833 bits per heavy atom. The lowest BCUT2D eigenvalue weighted by Gasteiger charge is -2.29. The van der Waals surface area contributed by atoms with Crippen molar-refractivity contribution < 1.29 is 35.5 Å². The molecule has 18 heavy (non-hydrogen) atoms. The van der Waals surface area contributed by atoms with E-state index in [0.29, 0.717) is 0 Å². The summed E-state index contributed by atoms with van der Waals surface area (Å²) in [5, 5.41) is 0. The monoisotopic (exact) mass is 360 g/mol. The third-order valence-electron chi connectivity index (χ3n) is 1.63. The fraction of sp³-hybridized carbons (Fsp3) is 1.00. The summed E-state index contributed by atoms with van der Waals surface area (Å²) in [5.41, 5.74) is 0. The molecule has 0 radical (unpaired) electrons. The number of hydrogen-bond acceptors (Lipinski definition) is 1. The third-order valence-corrected chi connectivity index (χ3v) is 4.26. The maximum atomic E-state index is 12.9. The molecule has 110 valence electrons. The van der Waals surface area contributed by atoms with Crippen LogP contribution in [0.3, 0.4) is 0 Å². The van der Waals surface area contributed by atoms with Crippen molar-refractivity contribution in [2.45, 2.75) is 30.7 Å². The quantitative estimate of drug-likeness (QED) is 0.295. The molecule has 0 N–H and O–H groups in total. The molecule has 0 aromatic heterocycles. The van der Waals surface area contributed by atoms with E-state index in [-0.39, 0.29) is 6.04 Å². The van der Waals surface area contributed by atoms with Crippen LogP contribution < -0.4 is 0 Å². The third kappa shape index (κ3) is 5.28. The molecule has 0 aromatic rings. The molecule has 0 rings (SSSR count). The molecule has 0 aromatic carbocycles. The lowest BCUT2D eigenvalue weighted by atomic mass is 10.3. The van der Waals surface area contributed by atoms with Gasteiger partial charge in [0, 0.05) is 0 Å². The Kier molecular flexibility index (Phi) is 6.08. The minimum atomic E-state index is -6.23. The Labute approximate surface area is 112 Å². The summed E-state index contributed by atoms with van der Waals surface area (Å²) >= 11 is 16.0. The van der Waals surface area contributed by atoms with Gasteiger partial charge in [0.25, 0.3) is 0 Å². The van der Waals surface area contributed by atoms with Gasteiger partial charge in [0.15, 0.2) is 0 Å². The normalized spacial score (nSPS) is 15.0. The fourth-order valence-corrected chi connectivity index (χ4v) is 2.56. The zero-order valence-corrected chi connectivity index (χ0v) is 11.6. The van der Waals surface area contributed by atoms with E-state index in [1.807, 2.05) is 0 Å². The zero-order valence-electron chi connectivity index (χ0n) is 8.31. The molecular weight excluding hydrogens is 355 g/mol. The van der Waals surface area contributed by atoms with E-state index in [9.17, 15) is 30.7 Å². The average Bonchev–Trinajstić information content (AvgIpc) is 2.06. The molecule has 0 bridgehead atoms. The van der Waals surface area contributed by atoms with Gasteiger partial charge < -0.3 is 4.74 Å². The predicted molar refractivity (Wildman–Crippen MR) is 54.6 cm³/mol. The van der Waals surface area contributed by atoms with Crippen LogP contribution in [0.5, 0.6) is 0 Å². The summed E-state index contributed by atoms with van der Waals surface area (Å²) in [6.45, 7) is -1.17. The van der Waals surface area contributed by atoms with E-state index in [4.69, 9.17) is 33.2 Å². The summed E-state index contributed by atoms with van der Waals surface area (Å²) in [5.74, 6) is -5.71. The van der Waals surface area contributed by atoms with Gasteiger partial charge in [-0.2, -0.15) is 30.7 Å². The minimum absolute atomic E-state index is 0.247. The van der Waals surface area contributed by atoms with Gasteiger partial charge in [-0.15, -0.1) is 33.2 Å². The SMILES string of the molecule is FC(F)(F)C(F)(OCCC[Si](Cl)(Cl)Cl)C(F)(F)F. The highest BCUT2D eigenvalue weighted by atomic mass is 35.8. The van der Waals surface area contributed by atoms with E-state index in [1.54, 1.807) is 0 Å². The van der Waals surface area contributed by atoms with Crippen LogP contribution in [-0.2, 0) is 4.74 Å². The van der Waals surface area contributed by atoms with Crippen molar-refractivity contribution in [2.24, 2.45) is 0 Å². The first-order valence-corrected chi connectivity index (χ1v) is 9.48. The highest BCUT2D eigenvalue weighted by Crippen LogP contribution is 2.47. The van der Waals surface area contributed by atoms with Gasteiger partial charge in [0.1, 0.15) is 0 Å². The summed E-state index contributed by atoms with van der Waals surface area (Å²) in [4.78, 5) is 0. The predicted octanol–water partition coefficient (Wildman–Crippen LogP) is 4.84. The number of ether oxygens (including phenoxy) is 1. The smallest absolute Gasteiger partial charge is 0.332 e. The molecule has 0 aliphatic rings. The zero-order chi connectivity index (χ0) is 14.8. The first kappa shape index (κ1) is 18.6. The Hall–Kier alpha value is 0.557. The van der Waals surface area contributed by atoms with Crippen molar-refractivity contribution in [3.63, 3.8) is 0 Å². The van der Waals surface area contributed by atoms with Gasteiger partial charge in [-0.1, -0.05) is 0 Å². The lowest BCUT2D eigenvalue weighted by Crippen LogP contribution is -2.55. The van der Waals surface area contributed by atoms with Gasteiger partial charge in [-0.25, -0.2) is 0 Å². The molecule has 0 spiro atoms. The van der Waals surface area contributed by atoms with E-state index < -0.39 is 37.2 Å². The van der Waals surface area contributed by atoms with Crippen LogP contribution in [0.25, 0.3) is 0 Å². The molecule has 12 heteroatoms. The molecule has 0 unspecified atom stereocenters. The largest absolute Gasteiger partial charge is 0.458 e. The molecule has 0 heterocycles. The Morgan fingerprint density at radius 3 is 1.50 bits per heavy atom. The summed E-state index contributed by atoms with van der Waals surface area (Å²) < 4.78 is 88.0. The van der Waals surface area contributed by atoms with E-state index in [1.165, 1.54) is 0 Å². The Morgan fingerprint density at radius 2 is 1.22 bits per heavy atom. The van der Waals surface area contributed by atoms with E-state index >= 15 is 0 Å². The molecule has 0 atom stereocenters. The first-order valence-electron chi connectivity index (χ1n) is 4.24. The number of halogens is 10. The second kappa shape index (κ2) is 5.90. The minimum Gasteiger partial charge on any atom is -0.332 e.